The van der Waals surface area contributed by atoms with Crippen molar-refractivity contribution < 1.29 is 14.7 Å². The molecule has 0 aliphatic heterocycles. The number of carbonyl (C=O) groups is 2. The molecule has 0 aromatic carbocycles. The van der Waals surface area contributed by atoms with E-state index in [0.29, 0.717) is 6.54 Å². The van der Waals surface area contributed by atoms with E-state index in [1.165, 1.54) is 4.90 Å². The minimum Gasteiger partial charge on any atom is -0.480 e. The first-order valence-corrected chi connectivity index (χ1v) is 6.04. The van der Waals surface area contributed by atoms with Gasteiger partial charge in [-0.2, -0.15) is 0 Å². The molecule has 0 saturated carbocycles. The highest BCUT2D eigenvalue weighted by Crippen LogP contribution is 2.13. The van der Waals surface area contributed by atoms with Gasteiger partial charge in [0.15, 0.2) is 0 Å². The first kappa shape index (κ1) is 15.9. The Morgan fingerprint density at radius 2 is 1.88 bits per heavy atom. The number of carbonyl (C=O) groups excluding carboxylic acids is 1. The number of rotatable bonds is 7. The van der Waals surface area contributed by atoms with Gasteiger partial charge in [0.05, 0.1) is 5.54 Å². The topological polar surface area (TPSA) is 69.6 Å². The van der Waals surface area contributed by atoms with Crippen LogP contribution in [0.5, 0.6) is 0 Å². The van der Waals surface area contributed by atoms with E-state index < -0.39 is 11.5 Å². The van der Waals surface area contributed by atoms with Crippen LogP contribution in [0.1, 0.15) is 41.0 Å². The second-order valence-corrected chi connectivity index (χ2v) is 4.74. The quantitative estimate of drug-likeness (QED) is 0.703. The summed E-state index contributed by atoms with van der Waals surface area (Å²) in [6.07, 6.45) is 0.737. The van der Waals surface area contributed by atoms with Gasteiger partial charge in [-0.1, -0.05) is 13.8 Å². The Morgan fingerprint density at radius 3 is 2.24 bits per heavy atom. The Bertz CT molecular complexity index is 277. The number of nitrogens with one attached hydrogen (secondary N) is 1. The number of carboxylic acid groups (broad SMARTS) is 1. The molecule has 0 radical (unpaired) electrons. The molecule has 5 heteroatoms. The Hall–Kier alpha value is -1.10. The highest BCUT2D eigenvalue weighted by Gasteiger charge is 2.33. The van der Waals surface area contributed by atoms with Crippen LogP contribution in [0, 0.1) is 0 Å². The lowest BCUT2D eigenvalue weighted by Crippen LogP contribution is -2.57. The molecule has 100 valence electrons. The molecule has 0 aromatic rings. The molecule has 2 N–H and O–H groups in total. The van der Waals surface area contributed by atoms with Crippen LogP contribution in [0.3, 0.4) is 0 Å². The van der Waals surface area contributed by atoms with Crippen LogP contribution in [-0.4, -0.2) is 46.6 Å². The monoisotopic (exact) mass is 244 g/mol. The van der Waals surface area contributed by atoms with Crippen LogP contribution < -0.4 is 5.32 Å². The molecule has 0 rings (SSSR count). The zero-order valence-corrected chi connectivity index (χ0v) is 11.4. The van der Waals surface area contributed by atoms with Crippen LogP contribution in [0.25, 0.3) is 0 Å². The first-order chi connectivity index (χ1) is 7.76. The molecule has 0 heterocycles. The van der Waals surface area contributed by atoms with E-state index in [1.54, 1.807) is 13.8 Å². The van der Waals surface area contributed by atoms with E-state index in [2.05, 4.69) is 5.32 Å². The Kier molecular flexibility index (Phi) is 6.16. The number of hydrogen-bond donors (Lipinski definition) is 2. The molecule has 0 fully saturated rings. The standard InChI is InChI=1S/C12H24N2O3/c1-6-9(3)14(8-10(15)16)11(17)12(4,5)13-7-2/h9,13H,6-8H2,1-5H3,(H,15,16). The lowest BCUT2D eigenvalue weighted by atomic mass is 10.0. The van der Waals surface area contributed by atoms with Crippen LogP contribution in [0.15, 0.2) is 0 Å². The smallest absolute Gasteiger partial charge is 0.323 e. The summed E-state index contributed by atoms with van der Waals surface area (Å²) in [5.74, 6) is -1.15. The van der Waals surface area contributed by atoms with Gasteiger partial charge in [0.1, 0.15) is 6.54 Å². The van der Waals surface area contributed by atoms with Gasteiger partial charge in [0, 0.05) is 6.04 Å². The van der Waals surface area contributed by atoms with Crippen molar-refractivity contribution in [2.24, 2.45) is 0 Å². The lowest BCUT2D eigenvalue weighted by molar-refractivity contribution is -0.149. The number of likely N-dealkylation sites (N-methyl/N-ethyl adjacent to an activating group) is 1. The van der Waals surface area contributed by atoms with Gasteiger partial charge in [0.25, 0.3) is 0 Å². The van der Waals surface area contributed by atoms with Crippen molar-refractivity contribution >= 4 is 11.9 Å². The number of aliphatic carboxylic acids is 1. The minimum atomic E-state index is -0.981. The molecule has 1 unspecified atom stereocenters. The zero-order valence-electron chi connectivity index (χ0n) is 11.4. The van der Waals surface area contributed by atoms with E-state index in [9.17, 15) is 9.59 Å². The van der Waals surface area contributed by atoms with Gasteiger partial charge in [0.2, 0.25) is 5.91 Å². The predicted molar refractivity (Wildman–Crippen MR) is 66.9 cm³/mol. The maximum absolute atomic E-state index is 12.3. The highest BCUT2D eigenvalue weighted by molar-refractivity contribution is 5.88. The van der Waals surface area contributed by atoms with Crippen molar-refractivity contribution in [2.75, 3.05) is 13.1 Å². The SMILES string of the molecule is CCNC(C)(C)C(=O)N(CC(=O)O)C(C)CC. The fourth-order valence-corrected chi connectivity index (χ4v) is 1.67. The number of amides is 1. The summed E-state index contributed by atoms with van der Waals surface area (Å²) in [7, 11) is 0. The maximum Gasteiger partial charge on any atom is 0.323 e. The molecule has 0 bridgehead atoms. The van der Waals surface area contributed by atoms with Crippen molar-refractivity contribution in [1.29, 1.82) is 0 Å². The summed E-state index contributed by atoms with van der Waals surface area (Å²) >= 11 is 0. The molecule has 1 atom stereocenters. The van der Waals surface area contributed by atoms with Gasteiger partial charge in [-0.05, 0) is 33.7 Å². The summed E-state index contributed by atoms with van der Waals surface area (Å²) in [6, 6.07) is -0.0727. The Balaban J connectivity index is 4.91. The molecule has 0 spiro atoms. The third-order valence-electron chi connectivity index (χ3n) is 2.84. The van der Waals surface area contributed by atoms with E-state index >= 15 is 0 Å². The van der Waals surface area contributed by atoms with E-state index in [0.717, 1.165) is 6.42 Å². The minimum absolute atomic E-state index is 0.0727. The van der Waals surface area contributed by atoms with Crippen LogP contribution >= 0.6 is 0 Å². The lowest BCUT2D eigenvalue weighted by Gasteiger charge is -2.35. The summed E-state index contributed by atoms with van der Waals surface area (Å²) in [5.41, 5.74) is -0.729. The van der Waals surface area contributed by atoms with Gasteiger partial charge in [-0.3, -0.25) is 9.59 Å². The van der Waals surface area contributed by atoms with Gasteiger partial charge >= 0.3 is 5.97 Å². The van der Waals surface area contributed by atoms with Crippen molar-refractivity contribution in [3.8, 4) is 0 Å². The molecular weight excluding hydrogens is 220 g/mol. The molecule has 0 aromatic heterocycles. The summed E-state index contributed by atoms with van der Waals surface area (Å²) in [6.45, 7) is 9.69. The second kappa shape index (κ2) is 6.59. The largest absolute Gasteiger partial charge is 0.480 e. The highest BCUT2D eigenvalue weighted by atomic mass is 16.4. The van der Waals surface area contributed by atoms with Crippen LogP contribution in [0.2, 0.25) is 0 Å². The molecular formula is C12H24N2O3. The summed E-state index contributed by atoms with van der Waals surface area (Å²) in [5, 5.41) is 11.9. The summed E-state index contributed by atoms with van der Waals surface area (Å²) < 4.78 is 0. The van der Waals surface area contributed by atoms with Gasteiger partial charge in [-0.25, -0.2) is 0 Å². The first-order valence-electron chi connectivity index (χ1n) is 6.04. The second-order valence-electron chi connectivity index (χ2n) is 4.74. The Morgan fingerprint density at radius 1 is 1.35 bits per heavy atom. The van der Waals surface area contributed by atoms with E-state index in [-0.39, 0.29) is 18.5 Å². The van der Waals surface area contributed by atoms with E-state index in [1.807, 2.05) is 20.8 Å². The van der Waals surface area contributed by atoms with Crippen LogP contribution in [0.4, 0.5) is 0 Å². The van der Waals surface area contributed by atoms with Gasteiger partial charge in [-0.15, -0.1) is 0 Å². The van der Waals surface area contributed by atoms with Crippen molar-refractivity contribution in [1.82, 2.24) is 10.2 Å². The maximum atomic E-state index is 12.3. The van der Waals surface area contributed by atoms with E-state index in [4.69, 9.17) is 5.11 Å². The molecule has 0 aliphatic carbocycles. The molecule has 0 aliphatic rings. The normalized spacial score (nSPS) is 13.2. The third kappa shape index (κ3) is 4.73. The fraction of sp³-hybridized carbons (Fsp3) is 0.833. The predicted octanol–water partition coefficient (Wildman–Crippen LogP) is 1.09. The molecule has 1 amide bonds. The molecule has 17 heavy (non-hydrogen) atoms. The Labute approximate surface area is 103 Å². The fourth-order valence-electron chi connectivity index (χ4n) is 1.67. The van der Waals surface area contributed by atoms with Gasteiger partial charge < -0.3 is 15.3 Å². The summed E-state index contributed by atoms with van der Waals surface area (Å²) in [4.78, 5) is 24.5. The zero-order chi connectivity index (χ0) is 13.6. The number of hydrogen-bond acceptors (Lipinski definition) is 3. The van der Waals surface area contributed by atoms with Crippen molar-refractivity contribution in [3.63, 3.8) is 0 Å². The van der Waals surface area contributed by atoms with Crippen LogP contribution in [-0.2, 0) is 9.59 Å². The number of carboxylic acids is 1. The van der Waals surface area contributed by atoms with Crippen molar-refractivity contribution in [2.45, 2.75) is 52.6 Å². The average Bonchev–Trinajstić information content (AvgIpc) is 2.23. The molecule has 5 nitrogen and oxygen atoms in total. The third-order valence-corrected chi connectivity index (χ3v) is 2.84. The molecule has 0 saturated heterocycles. The number of nitrogens with zero attached hydrogens (tertiary/aromatic N) is 1. The average molecular weight is 244 g/mol. The van der Waals surface area contributed by atoms with Crippen molar-refractivity contribution in [3.05, 3.63) is 0 Å².